The van der Waals surface area contributed by atoms with Gasteiger partial charge in [0.05, 0.1) is 14.2 Å². The summed E-state index contributed by atoms with van der Waals surface area (Å²) in [5.41, 5.74) is 0. The van der Waals surface area contributed by atoms with E-state index in [1.165, 1.54) is 14.2 Å². The van der Waals surface area contributed by atoms with E-state index in [-0.39, 0.29) is 12.0 Å². The van der Waals surface area contributed by atoms with Gasteiger partial charge in [0.15, 0.2) is 0 Å². The summed E-state index contributed by atoms with van der Waals surface area (Å²) in [6.07, 6.45) is 0. The minimum absolute atomic E-state index is 0.279. The van der Waals surface area contributed by atoms with Crippen molar-refractivity contribution in [2.24, 2.45) is 0 Å². The highest BCUT2D eigenvalue weighted by Crippen LogP contribution is 2.18. The van der Waals surface area contributed by atoms with Crippen LogP contribution in [-0.2, 0) is 0 Å². The fourth-order valence-electron chi connectivity index (χ4n) is 0.896. The molecule has 13 heteroatoms. The van der Waals surface area contributed by atoms with Crippen LogP contribution in [0.4, 0.5) is 4.39 Å². The van der Waals surface area contributed by atoms with E-state index in [2.05, 4.69) is 29.2 Å². The number of hydrogen-bond acceptors (Lipinski definition) is 10. The van der Waals surface area contributed by atoms with Gasteiger partial charge in [0.2, 0.25) is 0 Å². The van der Waals surface area contributed by atoms with Crippen molar-refractivity contribution in [2.75, 3.05) is 20.8 Å². The molecule has 0 atom stereocenters. The van der Waals surface area contributed by atoms with E-state index in [0.717, 1.165) is 0 Å². The molecule has 0 saturated heterocycles. The molecule has 0 aliphatic carbocycles. The number of alkyl halides is 1. The number of nitro groups is 2. The third-order valence-electron chi connectivity index (χ3n) is 1.88. The fraction of sp³-hybridized carbons (Fsp3) is 0.571. The van der Waals surface area contributed by atoms with E-state index < -0.39 is 28.4 Å². The quantitative estimate of drug-likeness (QED) is 0.276. The first-order valence-corrected chi connectivity index (χ1v) is 4.78. The van der Waals surface area contributed by atoms with Crippen LogP contribution >= 0.6 is 0 Å². The van der Waals surface area contributed by atoms with Crippen LogP contribution in [0, 0.1) is 20.2 Å². The molecule has 0 amide bonds. The van der Waals surface area contributed by atoms with Crippen molar-refractivity contribution in [3.63, 3.8) is 0 Å². The van der Waals surface area contributed by atoms with Gasteiger partial charge in [0, 0.05) is 0 Å². The van der Waals surface area contributed by atoms with Crippen molar-refractivity contribution in [2.45, 2.75) is 5.92 Å². The van der Waals surface area contributed by atoms with E-state index in [4.69, 9.17) is 0 Å². The largest absolute Gasteiger partial charge is 0.648 e. The highest BCUT2D eigenvalue weighted by atomic mass is 19.2. The summed E-state index contributed by atoms with van der Waals surface area (Å²) < 4.78 is 27.2. The van der Waals surface area contributed by atoms with Crippen LogP contribution in [0.3, 0.4) is 0 Å². The van der Waals surface area contributed by atoms with Crippen LogP contribution in [0.2, 0.25) is 0 Å². The third-order valence-corrected chi connectivity index (χ3v) is 1.88. The van der Waals surface area contributed by atoms with Crippen LogP contribution < -0.4 is 14.2 Å². The molecular formula is C7H8FN5O7. The number of aromatic nitrogens is 3. The van der Waals surface area contributed by atoms with Gasteiger partial charge in [-0.3, -0.25) is 20.2 Å². The van der Waals surface area contributed by atoms with E-state index in [9.17, 15) is 24.6 Å². The molecule has 110 valence electrons. The summed E-state index contributed by atoms with van der Waals surface area (Å²) in [6, 6.07) is -1.18. The van der Waals surface area contributed by atoms with Gasteiger partial charge in [0.1, 0.15) is 9.85 Å². The van der Waals surface area contributed by atoms with Crippen molar-refractivity contribution in [3.8, 4) is 18.0 Å². The van der Waals surface area contributed by atoms with Crippen molar-refractivity contribution in [1.82, 2.24) is 15.0 Å². The first-order valence-electron chi connectivity index (χ1n) is 4.78. The number of halogens is 1. The van der Waals surface area contributed by atoms with Gasteiger partial charge in [0.25, 0.3) is 6.61 Å². The summed E-state index contributed by atoms with van der Waals surface area (Å²) in [5, 5.41) is 20.7. The lowest BCUT2D eigenvalue weighted by Crippen LogP contribution is -2.47. The number of rotatable bonds is 7. The Balaban J connectivity index is 2.93. The summed E-state index contributed by atoms with van der Waals surface area (Å²) in [6.45, 7) is -1.54. The Labute approximate surface area is 109 Å². The Bertz CT molecular complexity index is 490. The average Bonchev–Trinajstić information content (AvgIpc) is 2.43. The molecule has 0 fully saturated rings. The molecule has 1 rings (SSSR count). The van der Waals surface area contributed by atoms with Gasteiger partial charge >= 0.3 is 23.9 Å². The predicted octanol–water partition coefficient (Wildman–Crippen LogP) is -0.556. The van der Waals surface area contributed by atoms with Crippen LogP contribution in [0.1, 0.15) is 0 Å². The molecule has 0 unspecified atom stereocenters. The topological polar surface area (TPSA) is 153 Å². The zero-order valence-corrected chi connectivity index (χ0v) is 10.2. The SMILES string of the molecule is COc1nc(OC)nc(OCC(F)([N+](=O)[O-])[N+](=O)[O-])n1. The number of hydrogen-bond donors (Lipinski definition) is 0. The lowest BCUT2D eigenvalue weighted by atomic mass is 10.5. The second kappa shape index (κ2) is 5.85. The molecule has 0 aromatic carbocycles. The predicted molar refractivity (Wildman–Crippen MR) is 56.3 cm³/mol. The average molecular weight is 293 g/mol. The lowest BCUT2D eigenvalue weighted by Gasteiger charge is -2.09. The van der Waals surface area contributed by atoms with Crippen LogP contribution in [0.5, 0.6) is 18.0 Å². The molecule has 1 aromatic rings. The third kappa shape index (κ3) is 3.12. The van der Waals surface area contributed by atoms with Gasteiger partial charge in [-0.05, 0) is 0 Å². The van der Waals surface area contributed by atoms with Gasteiger partial charge in [-0.2, -0.15) is 0 Å². The van der Waals surface area contributed by atoms with Crippen molar-refractivity contribution in [3.05, 3.63) is 20.2 Å². The van der Waals surface area contributed by atoms with Crippen LogP contribution in [0.15, 0.2) is 0 Å². The molecule has 0 bridgehead atoms. The molecular weight excluding hydrogens is 285 g/mol. The highest BCUT2D eigenvalue weighted by molar-refractivity contribution is 5.08. The van der Waals surface area contributed by atoms with Crippen LogP contribution in [0.25, 0.3) is 0 Å². The first kappa shape index (κ1) is 15.2. The maximum atomic E-state index is 13.4. The minimum atomic E-state index is -4.02. The Morgan fingerprint density at radius 3 is 1.80 bits per heavy atom. The van der Waals surface area contributed by atoms with Gasteiger partial charge in [-0.1, -0.05) is 4.39 Å². The molecule has 1 aromatic heterocycles. The van der Waals surface area contributed by atoms with Crippen molar-refractivity contribution >= 4 is 0 Å². The summed E-state index contributed by atoms with van der Waals surface area (Å²) >= 11 is 0. The van der Waals surface area contributed by atoms with Gasteiger partial charge in [-0.25, -0.2) is 0 Å². The zero-order chi connectivity index (χ0) is 15.3. The molecule has 0 saturated carbocycles. The second-order valence-electron chi connectivity index (χ2n) is 3.11. The highest BCUT2D eigenvalue weighted by Gasteiger charge is 2.59. The van der Waals surface area contributed by atoms with E-state index in [0.29, 0.717) is 0 Å². The summed E-state index contributed by atoms with van der Waals surface area (Å²) in [7, 11) is 2.40. The van der Waals surface area contributed by atoms with Gasteiger partial charge < -0.3 is 14.2 Å². The van der Waals surface area contributed by atoms with Crippen LogP contribution in [-0.4, -0.2) is 51.5 Å². The number of nitrogens with zero attached hydrogens (tertiary/aromatic N) is 5. The monoisotopic (exact) mass is 293 g/mol. The van der Waals surface area contributed by atoms with Crippen molar-refractivity contribution < 1.29 is 28.4 Å². The number of methoxy groups -OCH3 is 2. The second-order valence-corrected chi connectivity index (χ2v) is 3.11. The first-order chi connectivity index (χ1) is 9.33. The fourth-order valence-corrected chi connectivity index (χ4v) is 0.896. The van der Waals surface area contributed by atoms with E-state index >= 15 is 0 Å². The molecule has 0 aliphatic rings. The normalized spacial score (nSPS) is 10.8. The van der Waals surface area contributed by atoms with E-state index in [1.54, 1.807) is 0 Å². The smallest absolute Gasteiger partial charge is 0.467 e. The lowest BCUT2D eigenvalue weighted by molar-refractivity contribution is -0.831. The van der Waals surface area contributed by atoms with Crippen molar-refractivity contribution in [1.29, 1.82) is 0 Å². The summed E-state index contributed by atoms with van der Waals surface area (Å²) in [4.78, 5) is 27.7. The molecule has 12 nitrogen and oxygen atoms in total. The van der Waals surface area contributed by atoms with E-state index in [1.807, 2.05) is 0 Å². The maximum absolute atomic E-state index is 13.4. The molecule has 0 aliphatic heterocycles. The molecule has 20 heavy (non-hydrogen) atoms. The standard InChI is InChI=1S/C7H8FN5O7/c1-18-4-9-5(19-2)11-6(10-4)20-3-7(8,12(14)15)13(16)17/h3H2,1-2H3. The molecule has 1 heterocycles. The Kier molecular flexibility index (Phi) is 4.45. The molecule has 0 spiro atoms. The van der Waals surface area contributed by atoms with Gasteiger partial charge in [-0.15, -0.1) is 15.0 Å². The Morgan fingerprint density at radius 2 is 1.45 bits per heavy atom. The summed E-state index contributed by atoms with van der Waals surface area (Å²) in [5.74, 6) is -4.02. The molecule has 0 N–H and O–H groups in total. The molecule has 0 radical (unpaired) electrons. The minimum Gasteiger partial charge on any atom is -0.467 e. The number of ether oxygens (including phenoxy) is 3. The maximum Gasteiger partial charge on any atom is 0.648 e. The zero-order valence-electron chi connectivity index (χ0n) is 10.2. The Hall–Kier alpha value is -2.86. The Morgan fingerprint density at radius 1 is 1.05 bits per heavy atom.